The largest absolute Gasteiger partial charge is 0.424 e. The van der Waals surface area contributed by atoms with Gasteiger partial charge in [0.1, 0.15) is 6.07 Å². The number of rotatable bonds is 9. The smallest absolute Gasteiger partial charge is 0.232 e. The molecule has 1 aliphatic carbocycles. The molecule has 2 aromatic rings. The van der Waals surface area contributed by atoms with Crippen molar-refractivity contribution in [3.63, 3.8) is 0 Å². The monoisotopic (exact) mass is 442 g/mol. The summed E-state index contributed by atoms with van der Waals surface area (Å²) in [5.74, 6) is 2.46. The number of hydrogen-bond acceptors (Lipinski definition) is 7. The zero-order valence-corrected chi connectivity index (χ0v) is 19.3. The van der Waals surface area contributed by atoms with Crippen molar-refractivity contribution in [3.8, 4) is 6.07 Å². The summed E-state index contributed by atoms with van der Waals surface area (Å²) in [5.41, 5.74) is 0.384. The maximum absolute atomic E-state index is 9.63. The topological polar surface area (TPSA) is 74.3 Å². The number of hydrogen-bond donors (Lipinski definition) is 1. The molecule has 2 aliphatic rings. The van der Waals surface area contributed by atoms with E-state index in [2.05, 4.69) is 45.7 Å². The molecule has 0 unspecified atom stereocenters. The van der Waals surface area contributed by atoms with Gasteiger partial charge in [0.2, 0.25) is 17.5 Å². The number of anilines is 1. The lowest BCUT2D eigenvalue weighted by atomic mass is 9.80. The molecule has 0 amide bonds. The summed E-state index contributed by atoms with van der Waals surface area (Å²) in [6.45, 7) is 6.31. The molecule has 4 rings (SSSR count). The highest BCUT2D eigenvalue weighted by Crippen LogP contribution is 2.38. The molecular formula is C24H34N4O2S. The first-order chi connectivity index (χ1) is 15.3. The number of ether oxygens (including phenoxy) is 1. The van der Waals surface area contributed by atoms with E-state index in [4.69, 9.17) is 9.15 Å². The Labute approximate surface area is 189 Å². The Morgan fingerprint density at radius 1 is 1.29 bits per heavy atom. The van der Waals surface area contributed by atoms with Crippen LogP contribution in [0.3, 0.4) is 0 Å². The molecule has 168 valence electrons. The van der Waals surface area contributed by atoms with Gasteiger partial charge < -0.3 is 14.5 Å². The minimum atomic E-state index is 0.234. The van der Waals surface area contributed by atoms with Gasteiger partial charge in [0, 0.05) is 30.4 Å². The molecule has 0 bridgehead atoms. The van der Waals surface area contributed by atoms with E-state index in [-0.39, 0.29) is 6.04 Å². The number of aromatic nitrogens is 1. The molecule has 1 aliphatic heterocycles. The van der Waals surface area contributed by atoms with E-state index < -0.39 is 0 Å². The first kappa shape index (κ1) is 22.3. The molecule has 1 atom stereocenters. The molecule has 0 aromatic carbocycles. The lowest BCUT2D eigenvalue weighted by Crippen LogP contribution is -2.41. The first-order valence-corrected chi connectivity index (χ1v) is 12.7. The first-order valence-electron chi connectivity index (χ1n) is 11.8. The highest BCUT2D eigenvalue weighted by atomic mass is 32.1. The number of oxazole rings is 1. The molecule has 7 heteroatoms. The highest BCUT2D eigenvalue weighted by Gasteiger charge is 2.28. The molecule has 0 radical (unpaired) electrons. The summed E-state index contributed by atoms with van der Waals surface area (Å²) in [6.07, 6.45) is 8.67. The van der Waals surface area contributed by atoms with Crippen LogP contribution in [-0.4, -0.2) is 42.7 Å². The summed E-state index contributed by atoms with van der Waals surface area (Å²) < 4.78 is 11.7. The average Bonchev–Trinajstić information content (AvgIpc) is 3.49. The van der Waals surface area contributed by atoms with Crippen molar-refractivity contribution in [2.45, 2.75) is 63.8 Å². The van der Waals surface area contributed by atoms with Gasteiger partial charge in [-0.3, -0.25) is 4.90 Å². The number of morpholine rings is 1. The van der Waals surface area contributed by atoms with Crippen LogP contribution in [0.4, 0.5) is 5.88 Å². The van der Waals surface area contributed by atoms with Crippen LogP contribution in [0.5, 0.6) is 0 Å². The van der Waals surface area contributed by atoms with Crippen LogP contribution < -0.4 is 5.32 Å². The van der Waals surface area contributed by atoms with Gasteiger partial charge in [0.05, 0.1) is 19.3 Å². The Balaban J connectivity index is 1.40. The molecule has 6 nitrogen and oxygen atoms in total. The lowest BCUT2D eigenvalue weighted by Gasteiger charge is -2.34. The molecule has 0 spiro atoms. The Morgan fingerprint density at radius 3 is 2.77 bits per heavy atom. The Morgan fingerprint density at radius 2 is 2.10 bits per heavy atom. The van der Waals surface area contributed by atoms with Crippen molar-refractivity contribution < 1.29 is 9.15 Å². The van der Waals surface area contributed by atoms with Crippen LogP contribution in [-0.2, 0) is 4.74 Å². The van der Waals surface area contributed by atoms with Gasteiger partial charge in [0.25, 0.3) is 0 Å². The van der Waals surface area contributed by atoms with Crippen LogP contribution in [0.2, 0.25) is 0 Å². The number of nitrogens with one attached hydrogen (secondary N) is 1. The highest BCUT2D eigenvalue weighted by molar-refractivity contribution is 7.10. The van der Waals surface area contributed by atoms with E-state index in [1.165, 1.54) is 37.0 Å². The molecule has 1 saturated carbocycles. The van der Waals surface area contributed by atoms with Crippen LogP contribution in [0.15, 0.2) is 21.9 Å². The summed E-state index contributed by atoms with van der Waals surface area (Å²) in [6, 6.07) is 6.74. The van der Waals surface area contributed by atoms with Crippen molar-refractivity contribution in [1.82, 2.24) is 9.88 Å². The van der Waals surface area contributed by atoms with Crippen LogP contribution in [0, 0.1) is 17.2 Å². The number of nitrogens with zero attached hydrogens (tertiary/aromatic N) is 3. The minimum absolute atomic E-state index is 0.234. The maximum atomic E-state index is 9.63. The number of thiophene rings is 1. The SMILES string of the molecule is CCCCC1CCC(c2nc(C#N)c(NC[C@@H](c3cccs3)N3CCOCC3)o2)CC1. The molecular weight excluding hydrogens is 408 g/mol. The number of nitriles is 1. The second-order valence-corrected chi connectivity index (χ2v) is 9.74. The fourth-order valence-electron chi connectivity index (χ4n) is 4.87. The van der Waals surface area contributed by atoms with Gasteiger partial charge in [-0.05, 0) is 43.0 Å². The van der Waals surface area contributed by atoms with Crippen molar-refractivity contribution >= 4 is 17.2 Å². The van der Waals surface area contributed by atoms with E-state index in [0.717, 1.165) is 51.0 Å². The predicted molar refractivity (Wildman–Crippen MR) is 123 cm³/mol. The van der Waals surface area contributed by atoms with Gasteiger partial charge >= 0.3 is 0 Å². The molecule has 2 aromatic heterocycles. The second kappa shape index (κ2) is 11.1. The lowest BCUT2D eigenvalue weighted by molar-refractivity contribution is 0.0193. The van der Waals surface area contributed by atoms with Gasteiger partial charge in [-0.2, -0.15) is 5.26 Å². The van der Waals surface area contributed by atoms with Crippen molar-refractivity contribution in [2.24, 2.45) is 5.92 Å². The Hall–Kier alpha value is -1.88. The fraction of sp³-hybridized carbons (Fsp3) is 0.667. The minimum Gasteiger partial charge on any atom is -0.424 e. The van der Waals surface area contributed by atoms with E-state index in [9.17, 15) is 5.26 Å². The molecule has 1 saturated heterocycles. The summed E-state index contributed by atoms with van der Waals surface area (Å²) >= 11 is 1.77. The third-order valence-corrected chi connectivity index (χ3v) is 7.70. The molecule has 2 fully saturated rings. The van der Waals surface area contributed by atoms with Gasteiger partial charge in [-0.25, -0.2) is 4.98 Å². The molecule has 3 heterocycles. The second-order valence-electron chi connectivity index (χ2n) is 8.76. The maximum Gasteiger partial charge on any atom is 0.232 e. The van der Waals surface area contributed by atoms with Gasteiger partial charge in [-0.15, -0.1) is 11.3 Å². The summed E-state index contributed by atoms with van der Waals surface area (Å²) in [7, 11) is 0. The van der Waals surface area contributed by atoms with E-state index in [1.54, 1.807) is 11.3 Å². The summed E-state index contributed by atoms with van der Waals surface area (Å²) in [5, 5.41) is 15.2. The van der Waals surface area contributed by atoms with E-state index in [1.807, 2.05) is 0 Å². The third-order valence-electron chi connectivity index (χ3n) is 6.73. The number of unbranched alkanes of at least 4 members (excludes halogenated alkanes) is 1. The molecule has 31 heavy (non-hydrogen) atoms. The van der Waals surface area contributed by atoms with Crippen molar-refractivity contribution in [2.75, 3.05) is 38.2 Å². The van der Waals surface area contributed by atoms with Crippen molar-refractivity contribution in [3.05, 3.63) is 34.0 Å². The van der Waals surface area contributed by atoms with Gasteiger partial charge in [-0.1, -0.05) is 32.3 Å². The van der Waals surface area contributed by atoms with Crippen LogP contribution in [0.1, 0.15) is 80.3 Å². The summed E-state index contributed by atoms with van der Waals surface area (Å²) in [4.78, 5) is 8.34. The van der Waals surface area contributed by atoms with E-state index >= 15 is 0 Å². The normalized spacial score (nSPS) is 23.4. The van der Waals surface area contributed by atoms with Crippen LogP contribution >= 0.6 is 11.3 Å². The zero-order valence-electron chi connectivity index (χ0n) is 18.5. The van der Waals surface area contributed by atoms with E-state index in [0.29, 0.717) is 24.0 Å². The fourth-order valence-corrected chi connectivity index (χ4v) is 5.73. The predicted octanol–water partition coefficient (Wildman–Crippen LogP) is 5.56. The Bertz CT molecular complexity index is 830. The van der Waals surface area contributed by atoms with Crippen molar-refractivity contribution in [1.29, 1.82) is 5.26 Å². The third kappa shape index (κ3) is 5.68. The standard InChI is InChI=1S/C24H34N4O2S/c1-2-3-5-18-7-9-19(10-8-18)23-27-20(16-25)24(30-23)26-17-21(22-6-4-15-31-22)28-11-13-29-14-12-28/h4,6,15,18-19,21,26H,2-3,5,7-14,17H2,1H3/t18?,19?,21-/m0/s1. The average molecular weight is 443 g/mol. The zero-order chi connectivity index (χ0) is 21.5. The Kier molecular flexibility index (Phi) is 8.01. The van der Waals surface area contributed by atoms with Crippen LogP contribution in [0.25, 0.3) is 0 Å². The quantitative estimate of drug-likeness (QED) is 0.548. The molecule has 1 N–H and O–H groups in total. The van der Waals surface area contributed by atoms with Gasteiger partial charge in [0.15, 0.2) is 0 Å².